The number of rotatable bonds is 5. The van der Waals surface area contributed by atoms with Gasteiger partial charge in [0, 0.05) is 12.0 Å². The molecule has 5 rings (SSSR count). The molecular formula is C23H24N4O3. The average molecular weight is 404 g/mol. The number of benzene rings is 2. The largest absolute Gasteiger partial charge is 0.449 e. The van der Waals surface area contributed by atoms with Gasteiger partial charge in [-0.1, -0.05) is 53.7 Å². The van der Waals surface area contributed by atoms with E-state index in [1.54, 1.807) is 17.8 Å². The van der Waals surface area contributed by atoms with Crippen molar-refractivity contribution in [2.45, 2.75) is 43.9 Å². The summed E-state index contributed by atoms with van der Waals surface area (Å²) < 4.78 is 7.37. The van der Waals surface area contributed by atoms with Gasteiger partial charge >= 0.3 is 6.09 Å². The third kappa shape index (κ3) is 3.35. The van der Waals surface area contributed by atoms with Crippen LogP contribution >= 0.6 is 0 Å². The van der Waals surface area contributed by atoms with E-state index in [0.717, 1.165) is 12.8 Å². The second-order valence-corrected chi connectivity index (χ2v) is 8.09. The molecule has 1 aromatic heterocycles. The maximum atomic E-state index is 12.4. The van der Waals surface area contributed by atoms with Crippen LogP contribution in [0.1, 0.15) is 54.6 Å². The summed E-state index contributed by atoms with van der Waals surface area (Å²) in [5, 5.41) is 20.5. The molecule has 1 heterocycles. The van der Waals surface area contributed by atoms with Gasteiger partial charge in [0.05, 0.1) is 18.3 Å². The Hall–Kier alpha value is -3.19. The smallest absolute Gasteiger partial charge is 0.407 e. The highest BCUT2D eigenvalue weighted by molar-refractivity contribution is 5.79. The van der Waals surface area contributed by atoms with Crippen molar-refractivity contribution in [3.63, 3.8) is 0 Å². The molecule has 1 amide bonds. The summed E-state index contributed by atoms with van der Waals surface area (Å²) in [4.78, 5) is 12.4. The molecule has 1 saturated carbocycles. The molecule has 2 aromatic carbocycles. The highest BCUT2D eigenvalue weighted by Crippen LogP contribution is 2.44. The lowest BCUT2D eigenvalue weighted by molar-refractivity contribution is 0.124. The van der Waals surface area contributed by atoms with E-state index in [0.29, 0.717) is 12.3 Å². The highest BCUT2D eigenvalue weighted by atomic mass is 16.5. The minimum absolute atomic E-state index is 0.0600. The van der Waals surface area contributed by atoms with Crippen LogP contribution in [-0.4, -0.2) is 38.8 Å². The van der Waals surface area contributed by atoms with Gasteiger partial charge in [-0.05, 0) is 42.0 Å². The number of carbonyl (C=O) groups is 1. The summed E-state index contributed by atoms with van der Waals surface area (Å²) in [6, 6.07) is 16.8. The lowest BCUT2D eigenvalue weighted by Gasteiger charge is -2.35. The summed E-state index contributed by atoms with van der Waals surface area (Å²) >= 11 is 0. The van der Waals surface area contributed by atoms with Crippen molar-refractivity contribution in [2.75, 3.05) is 6.61 Å². The van der Waals surface area contributed by atoms with Crippen molar-refractivity contribution < 1.29 is 14.6 Å². The van der Waals surface area contributed by atoms with E-state index in [-0.39, 0.29) is 24.1 Å². The summed E-state index contributed by atoms with van der Waals surface area (Å²) in [5.41, 5.74) is 5.40. The number of aliphatic hydroxyl groups is 1. The van der Waals surface area contributed by atoms with E-state index in [1.165, 1.54) is 22.3 Å². The standard InChI is InChI=1S/C23H24N4O3/c1-14(28)22-12-27(26-25-22)16-10-15(11-16)24-23(29)30-13-21-19-8-4-2-6-17(19)18-7-3-5-9-20(18)21/h2-9,12,14-16,21,28H,10-11,13H2,1H3,(H,24,29). The molecule has 0 bridgehead atoms. The number of nitrogens with one attached hydrogen (secondary N) is 1. The van der Waals surface area contributed by atoms with E-state index in [4.69, 9.17) is 4.74 Å². The molecule has 2 N–H and O–H groups in total. The van der Waals surface area contributed by atoms with Crippen LogP contribution in [0.25, 0.3) is 11.1 Å². The maximum absolute atomic E-state index is 12.4. The quantitative estimate of drug-likeness (QED) is 0.679. The minimum Gasteiger partial charge on any atom is -0.449 e. The number of hydrogen-bond acceptors (Lipinski definition) is 5. The number of nitrogens with zero attached hydrogens (tertiary/aromatic N) is 3. The Kier molecular flexibility index (Phi) is 4.75. The zero-order valence-electron chi connectivity index (χ0n) is 16.7. The number of aromatic nitrogens is 3. The van der Waals surface area contributed by atoms with Crippen LogP contribution in [0.4, 0.5) is 4.79 Å². The molecule has 0 radical (unpaired) electrons. The van der Waals surface area contributed by atoms with Crippen molar-refractivity contribution in [2.24, 2.45) is 0 Å². The fourth-order valence-corrected chi connectivity index (χ4v) is 4.39. The lowest BCUT2D eigenvalue weighted by Crippen LogP contribution is -2.45. The second kappa shape index (κ2) is 7.57. The van der Waals surface area contributed by atoms with Crippen molar-refractivity contribution in [1.82, 2.24) is 20.3 Å². The number of hydrogen-bond donors (Lipinski definition) is 2. The van der Waals surface area contributed by atoms with Gasteiger partial charge in [-0.2, -0.15) is 0 Å². The fourth-order valence-electron chi connectivity index (χ4n) is 4.39. The number of fused-ring (bicyclic) bond motifs is 3. The molecule has 0 spiro atoms. The van der Waals surface area contributed by atoms with Crippen LogP contribution in [0.2, 0.25) is 0 Å². The summed E-state index contributed by atoms with van der Waals surface area (Å²) in [6.07, 6.45) is 2.29. The van der Waals surface area contributed by atoms with E-state index in [1.807, 2.05) is 24.3 Å². The van der Waals surface area contributed by atoms with Gasteiger partial charge in [0.2, 0.25) is 0 Å². The molecule has 1 fully saturated rings. The molecule has 0 saturated heterocycles. The van der Waals surface area contributed by atoms with Crippen molar-refractivity contribution in [1.29, 1.82) is 0 Å². The topological polar surface area (TPSA) is 89.3 Å². The van der Waals surface area contributed by atoms with Gasteiger partial charge < -0.3 is 15.2 Å². The first-order valence-corrected chi connectivity index (χ1v) is 10.3. The predicted molar refractivity (Wildman–Crippen MR) is 111 cm³/mol. The molecule has 30 heavy (non-hydrogen) atoms. The van der Waals surface area contributed by atoms with Crippen molar-refractivity contribution in [3.05, 3.63) is 71.5 Å². The number of aliphatic hydroxyl groups excluding tert-OH is 1. The number of alkyl carbamates (subject to hydrolysis) is 1. The zero-order chi connectivity index (χ0) is 20.7. The molecular weight excluding hydrogens is 380 g/mol. The van der Waals surface area contributed by atoms with Gasteiger partial charge in [0.15, 0.2) is 0 Å². The molecule has 2 aliphatic rings. The third-order valence-electron chi connectivity index (χ3n) is 6.11. The minimum atomic E-state index is -0.631. The van der Waals surface area contributed by atoms with Crippen molar-refractivity contribution >= 4 is 6.09 Å². The van der Waals surface area contributed by atoms with Crippen LogP contribution in [0.15, 0.2) is 54.7 Å². The van der Waals surface area contributed by atoms with Gasteiger partial charge in [-0.15, -0.1) is 5.10 Å². The first-order chi connectivity index (χ1) is 14.6. The van der Waals surface area contributed by atoms with Crippen LogP contribution in [0.3, 0.4) is 0 Å². The van der Waals surface area contributed by atoms with Crippen LogP contribution in [-0.2, 0) is 4.74 Å². The van der Waals surface area contributed by atoms with Gasteiger partial charge in [-0.25, -0.2) is 9.48 Å². The fraction of sp³-hybridized carbons (Fsp3) is 0.348. The molecule has 7 nitrogen and oxygen atoms in total. The Bertz CT molecular complexity index is 1030. The Morgan fingerprint density at radius 2 is 1.80 bits per heavy atom. The van der Waals surface area contributed by atoms with E-state index < -0.39 is 6.10 Å². The zero-order valence-corrected chi connectivity index (χ0v) is 16.7. The maximum Gasteiger partial charge on any atom is 0.407 e. The number of carbonyl (C=O) groups excluding carboxylic acids is 1. The van der Waals surface area contributed by atoms with E-state index in [9.17, 15) is 9.90 Å². The summed E-state index contributed by atoms with van der Waals surface area (Å²) in [5.74, 6) is 0.0614. The van der Waals surface area contributed by atoms with E-state index in [2.05, 4.69) is 39.9 Å². The molecule has 7 heteroatoms. The second-order valence-electron chi connectivity index (χ2n) is 8.09. The Morgan fingerprint density at radius 3 is 2.40 bits per heavy atom. The van der Waals surface area contributed by atoms with Gasteiger partial charge in [-0.3, -0.25) is 0 Å². The van der Waals surface area contributed by atoms with Gasteiger partial charge in [0.25, 0.3) is 0 Å². The lowest BCUT2D eigenvalue weighted by atomic mass is 9.87. The predicted octanol–water partition coefficient (Wildman–Crippen LogP) is 3.57. The van der Waals surface area contributed by atoms with Crippen molar-refractivity contribution in [3.8, 4) is 11.1 Å². The molecule has 2 aliphatic carbocycles. The van der Waals surface area contributed by atoms with Crippen LogP contribution in [0.5, 0.6) is 0 Å². The number of amides is 1. The van der Waals surface area contributed by atoms with E-state index >= 15 is 0 Å². The normalized spacial score (nSPS) is 20.7. The third-order valence-corrected chi connectivity index (χ3v) is 6.11. The first kappa shape index (κ1) is 18.8. The monoisotopic (exact) mass is 404 g/mol. The Labute approximate surface area is 174 Å². The summed E-state index contributed by atoms with van der Waals surface area (Å²) in [7, 11) is 0. The molecule has 3 aromatic rings. The highest BCUT2D eigenvalue weighted by Gasteiger charge is 2.34. The Balaban J connectivity index is 1.16. The molecule has 0 aliphatic heterocycles. The first-order valence-electron chi connectivity index (χ1n) is 10.3. The molecule has 1 unspecified atom stereocenters. The number of ether oxygens (including phenoxy) is 1. The Morgan fingerprint density at radius 1 is 1.17 bits per heavy atom. The summed E-state index contributed by atoms with van der Waals surface area (Å²) in [6.45, 7) is 1.98. The SMILES string of the molecule is CC(O)c1cn(C2CC(NC(=O)OCC3c4ccccc4-c4ccccc43)C2)nn1. The van der Waals surface area contributed by atoms with Crippen LogP contribution in [0, 0.1) is 0 Å². The van der Waals surface area contributed by atoms with Crippen LogP contribution < -0.4 is 5.32 Å². The molecule has 1 atom stereocenters. The molecule has 154 valence electrons. The van der Waals surface area contributed by atoms with Gasteiger partial charge in [0.1, 0.15) is 12.3 Å². The average Bonchev–Trinajstić information content (AvgIpc) is 3.32.